The Balaban J connectivity index is 1.34. The fourth-order valence-corrected chi connectivity index (χ4v) is 6.17. The molecule has 2 bridgehead atoms. The number of hydrogen-bond acceptors (Lipinski definition) is 6. The summed E-state index contributed by atoms with van der Waals surface area (Å²) in [6.45, 7) is 2.87. The minimum atomic E-state index is -0.118. The summed E-state index contributed by atoms with van der Waals surface area (Å²) in [6, 6.07) is 16.4. The molecule has 4 aromatic rings. The average Bonchev–Trinajstić information content (AvgIpc) is 3.30. The van der Waals surface area contributed by atoms with Gasteiger partial charge in [-0.3, -0.25) is 14.5 Å². The first-order valence-electron chi connectivity index (χ1n) is 11.8. The van der Waals surface area contributed by atoms with Crippen molar-refractivity contribution >= 4 is 28.5 Å². The SMILES string of the molecule is CSc1ccc(C(=O)c2coc3ccc(O)c(CN4C[C@@H]5C[C@H](C4)c4cccc(=O)n4C5)c23)cc1. The van der Waals surface area contributed by atoms with Crippen LogP contribution in [-0.4, -0.2) is 39.7 Å². The number of piperidine rings is 1. The molecular formula is C28H26N2O4S. The second-order valence-corrected chi connectivity index (χ2v) is 10.4. The van der Waals surface area contributed by atoms with E-state index >= 15 is 0 Å². The van der Waals surface area contributed by atoms with Crippen LogP contribution in [0.5, 0.6) is 5.75 Å². The van der Waals surface area contributed by atoms with Crippen LogP contribution in [0.2, 0.25) is 0 Å². The predicted molar refractivity (Wildman–Crippen MR) is 136 cm³/mol. The van der Waals surface area contributed by atoms with Gasteiger partial charge in [0.2, 0.25) is 0 Å². The van der Waals surface area contributed by atoms with Gasteiger partial charge in [0.1, 0.15) is 17.6 Å². The molecule has 2 aromatic heterocycles. The Morgan fingerprint density at radius 3 is 2.71 bits per heavy atom. The van der Waals surface area contributed by atoms with Crippen molar-refractivity contribution in [2.75, 3.05) is 19.3 Å². The first-order chi connectivity index (χ1) is 17.0. The van der Waals surface area contributed by atoms with Gasteiger partial charge in [0.15, 0.2) is 5.78 Å². The molecule has 2 aromatic carbocycles. The van der Waals surface area contributed by atoms with Gasteiger partial charge in [0.05, 0.1) is 5.56 Å². The highest BCUT2D eigenvalue weighted by molar-refractivity contribution is 7.98. The monoisotopic (exact) mass is 486 g/mol. The van der Waals surface area contributed by atoms with E-state index in [9.17, 15) is 14.7 Å². The predicted octanol–water partition coefficient (Wildman–Crippen LogP) is 4.87. The van der Waals surface area contributed by atoms with Crippen molar-refractivity contribution in [1.82, 2.24) is 9.47 Å². The summed E-state index contributed by atoms with van der Waals surface area (Å²) in [7, 11) is 0. The molecule has 2 atom stereocenters. The summed E-state index contributed by atoms with van der Waals surface area (Å²) in [5.74, 6) is 0.700. The number of likely N-dealkylation sites (tertiary alicyclic amines) is 1. The van der Waals surface area contributed by atoms with Gasteiger partial charge in [-0.25, -0.2) is 0 Å². The number of benzene rings is 2. The van der Waals surface area contributed by atoms with Gasteiger partial charge >= 0.3 is 0 Å². The topological polar surface area (TPSA) is 75.7 Å². The zero-order valence-electron chi connectivity index (χ0n) is 19.4. The minimum Gasteiger partial charge on any atom is -0.508 e. The summed E-state index contributed by atoms with van der Waals surface area (Å²) in [5.41, 5.74) is 3.53. The van der Waals surface area contributed by atoms with Crippen LogP contribution >= 0.6 is 11.8 Å². The second kappa shape index (κ2) is 8.73. The molecule has 1 N–H and O–H groups in total. The molecule has 35 heavy (non-hydrogen) atoms. The van der Waals surface area contributed by atoms with Gasteiger partial charge < -0.3 is 14.1 Å². The summed E-state index contributed by atoms with van der Waals surface area (Å²) in [6.07, 6.45) is 4.57. The Hall–Kier alpha value is -3.29. The maximum atomic E-state index is 13.4. The van der Waals surface area contributed by atoms with Crippen LogP contribution in [0.3, 0.4) is 0 Å². The number of aromatic nitrogens is 1. The zero-order valence-corrected chi connectivity index (χ0v) is 20.3. The lowest BCUT2D eigenvalue weighted by Gasteiger charge is -2.42. The highest BCUT2D eigenvalue weighted by Gasteiger charge is 2.35. The Morgan fingerprint density at radius 1 is 1.09 bits per heavy atom. The Morgan fingerprint density at radius 2 is 1.91 bits per heavy atom. The van der Waals surface area contributed by atoms with Crippen LogP contribution < -0.4 is 5.56 Å². The number of fused-ring (bicyclic) bond motifs is 5. The van der Waals surface area contributed by atoms with E-state index in [-0.39, 0.29) is 23.0 Å². The van der Waals surface area contributed by atoms with Crippen molar-refractivity contribution in [3.63, 3.8) is 0 Å². The van der Waals surface area contributed by atoms with Crippen molar-refractivity contribution in [3.05, 3.63) is 93.6 Å². The van der Waals surface area contributed by atoms with Gasteiger partial charge in [-0.05, 0) is 61.1 Å². The van der Waals surface area contributed by atoms with Gasteiger partial charge in [-0.2, -0.15) is 0 Å². The van der Waals surface area contributed by atoms with E-state index in [0.29, 0.717) is 40.1 Å². The van der Waals surface area contributed by atoms with Crippen LogP contribution in [0, 0.1) is 5.92 Å². The van der Waals surface area contributed by atoms with Gasteiger partial charge in [0, 0.05) is 65.3 Å². The molecule has 2 aliphatic heterocycles. The molecule has 0 aliphatic carbocycles. The van der Waals surface area contributed by atoms with Crippen molar-refractivity contribution in [3.8, 4) is 5.75 Å². The van der Waals surface area contributed by atoms with E-state index in [4.69, 9.17) is 4.42 Å². The van der Waals surface area contributed by atoms with Crippen LogP contribution in [0.1, 0.15) is 39.5 Å². The lowest BCUT2D eigenvalue weighted by atomic mass is 9.83. The molecule has 0 saturated carbocycles. The summed E-state index contributed by atoms with van der Waals surface area (Å²) < 4.78 is 7.68. The molecule has 7 heteroatoms. The molecule has 0 radical (unpaired) electrons. The molecule has 0 spiro atoms. The van der Waals surface area contributed by atoms with Gasteiger partial charge in [0.25, 0.3) is 5.56 Å². The summed E-state index contributed by atoms with van der Waals surface area (Å²) in [5, 5.41) is 11.5. The maximum Gasteiger partial charge on any atom is 0.250 e. The molecule has 178 valence electrons. The Bertz CT molecular complexity index is 1490. The van der Waals surface area contributed by atoms with Crippen molar-refractivity contribution < 1.29 is 14.3 Å². The number of phenolic OH excluding ortho intramolecular Hbond substituents is 1. The lowest BCUT2D eigenvalue weighted by Crippen LogP contribution is -2.46. The van der Waals surface area contributed by atoms with Crippen LogP contribution in [0.4, 0.5) is 0 Å². The number of carbonyl (C=O) groups excluding carboxylic acids is 1. The average molecular weight is 487 g/mol. The number of furan rings is 1. The number of pyridine rings is 1. The lowest BCUT2D eigenvalue weighted by molar-refractivity contribution is 0.103. The molecule has 0 amide bonds. The van der Waals surface area contributed by atoms with Crippen LogP contribution in [0.25, 0.3) is 11.0 Å². The molecule has 1 fully saturated rings. The molecule has 6 rings (SSSR count). The minimum absolute atomic E-state index is 0.0696. The quantitative estimate of drug-likeness (QED) is 0.320. The molecular weight excluding hydrogens is 460 g/mol. The van der Waals surface area contributed by atoms with Gasteiger partial charge in [-0.1, -0.05) is 6.07 Å². The van der Waals surface area contributed by atoms with Crippen molar-refractivity contribution in [1.29, 1.82) is 0 Å². The third kappa shape index (κ3) is 3.89. The molecule has 1 saturated heterocycles. The van der Waals surface area contributed by atoms with Crippen LogP contribution in [0.15, 0.2) is 75.0 Å². The molecule has 2 aliphatic rings. The summed E-state index contributed by atoms with van der Waals surface area (Å²) in [4.78, 5) is 29.2. The number of thioether (sulfide) groups is 1. The van der Waals surface area contributed by atoms with E-state index in [0.717, 1.165) is 36.6 Å². The van der Waals surface area contributed by atoms with E-state index < -0.39 is 0 Å². The highest BCUT2D eigenvalue weighted by atomic mass is 32.2. The fourth-order valence-electron chi connectivity index (χ4n) is 5.76. The van der Waals surface area contributed by atoms with Crippen LogP contribution in [-0.2, 0) is 13.1 Å². The third-order valence-electron chi connectivity index (χ3n) is 7.36. The third-order valence-corrected chi connectivity index (χ3v) is 8.10. The Labute approximate surface area is 207 Å². The number of carbonyl (C=O) groups is 1. The number of phenols is 1. The highest BCUT2D eigenvalue weighted by Crippen LogP contribution is 2.38. The summed E-state index contributed by atoms with van der Waals surface area (Å²) >= 11 is 1.63. The fraction of sp³-hybridized carbons (Fsp3) is 0.286. The normalized spacial score (nSPS) is 19.6. The maximum absolute atomic E-state index is 13.4. The first-order valence-corrected chi connectivity index (χ1v) is 13.1. The van der Waals surface area contributed by atoms with E-state index in [2.05, 4.69) is 11.0 Å². The second-order valence-electron chi connectivity index (χ2n) is 9.54. The van der Waals surface area contributed by atoms with E-state index in [1.165, 1.54) is 6.26 Å². The molecule has 4 heterocycles. The zero-order chi connectivity index (χ0) is 24.1. The number of hydrogen-bond donors (Lipinski definition) is 1. The number of rotatable bonds is 5. The first kappa shape index (κ1) is 22.2. The smallest absolute Gasteiger partial charge is 0.250 e. The van der Waals surface area contributed by atoms with Crippen molar-refractivity contribution in [2.24, 2.45) is 5.92 Å². The van der Waals surface area contributed by atoms with E-state index in [1.807, 2.05) is 41.2 Å². The molecule has 6 nitrogen and oxygen atoms in total. The standard InChI is InChI=1S/C28H26N2O4S/c1-35-20-7-5-18(6-8-20)28(33)22-16-34-25-10-9-24(31)21(27(22)25)15-29-12-17-11-19(14-29)23-3-2-4-26(32)30(23)13-17/h2-10,16-17,19,31H,11-15H2,1H3/t17-,19+/m0/s1. The van der Waals surface area contributed by atoms with Gasteiger partial charge in [-0.15, -0.1) is 11.8 Å². The Kier molecular flexibility index (Phi) is 5.54. The number of aromatic hydroxyl groups is 1. The number of nitrogens with zero attached hydrogens (tertiary/aromatic N) is 2. The largest absolute Gasteiger partial charge is 0.508 e. The van der Waals surface area contributed by atoms with E-state index in [1.54, 1.807) is 30.0 Å². The number of ketones is 1. The molecule has 0 unspecified atom stereocenters. The van der Waals surface area contributed by atoms with Crippen molar-refractivity contribution in [2.45, 2.75) is 30.3 Å².